The largest absolute Gasteiger partial charge is 0.478 e. The van der Waals surface area contributed by atoms with E-state index < -0.39 is 11.9 Å². The number of anilines is 1. The average molecular weight is 533 g/mol. The molecule has 0 saturated carbocycles. The van der Waals surface area contributed by atoms with Crippen LogP contribution < -0.4 is 5.32 Å². The number of carbonyl (C=O) groups is 3. The third kappa shape index (κ3) is 5.38. The fourth-order valence-electron chi connectivity index (χ4n) is 4.77. The van der Waals surface area contributed by atoms with Crippen molar-refractivity contribution in [3.63, 3.8) is 0 Å². The molecule has 1 aliphatic rings. The van der Waals surface area contributed by atoms with Gasteiger partial charge in [-0.25, -0.2) is 4.79 Å². The predicted octanol–water partition coefficient (Wildman–Crippen LogP) is 6.60. The van der Waals surface area contributed by atoms with Gasteiger partial charge in [0.1, 0.15) is 4.88 Å². The van der Waals surface area contributed by atoms with Gasteiger partial charge in [0.05, 0.1) is 16.3 Å². The smallest absolute Gasteiger partial charge is 0.337 e. The molecule has 1 fully saturated rings. The molecule has 5 rings (SSSR count). The lowest BCUT2D eigenvalue weighted by Crippen LogP contribution is -2.39. The van der Waals surface area contributed by atoms with E-state index in [-0.39, 0.29) is 22.7 Å². The maximum absolute atomic E-state index is 13.2. The van der Waals surface area contributed by atoms with Gasteiger partial charge in [0, 0.05) is 28.7 Å². The minimum atomic E-state index is -1.23. The molecule has 188 valence electrons. The third-order valence-electron chi connectivity index (χ3n) is 6.76. The zero-order valence-corrected chi connectivity index (χ0v) is 21.5. The number of likely N-dealkylation sites (tertiary alicyclic amines) is 1. The van der Waals surface area contributed by atoms with Gasteiger partial charge in [-0.15, -0.1) is 11.3 Å². The molecule has 2 N–H and O–H groups in total. The lowest BCUT2D eigenvalue weighted by Gasteiger charge is -2.32. The molecule has 0 spiro atoms. The number of benzene rings is 3. The zero-order valence-electron chi connectivity index (χ0n) is 19.9. The Morgan fingerprint density at radius 2 is 1.68 bits per heavy atom. The first-order valence-corrected chi connectivity index (χ1v) is 13.3. The van der Waals surface area contributed by atoms with E-state index in [2.05, 4.69) is 17.4 Å². The van der Waals surface area contributed by atoms with Gasteiger partial charge in [0.15, 0.2) is 0 Å². The number of fused-ring (bicyclic) bond motifs is 1. The van der Waals surface area contributed by atoms with Crippen molar-refractivity contribution in [3.05, 3.63) is 99.4 Å². The normalized spacial score (nSPS) is 14.0. The summed E-state index contributed by atoms with van der Waals surface area (Å²) in [5.41, 5.74) is 1.56. The van der Waals surface area contributed by atoms with E-state index in [0.29, 0.717) is 28.9 Å². The molecule has 0 unspecified atom stereocenters. The molecule has 2 heterocycles. The van der Waals surface area contributed by atoms with Crippen LogP contribution in [0, 0.1) is 5.92 Å². The molecule has 0 aliphatic carbocycles. The van der Waals surface area contributed by atoms with Gasteiger partial charge in [-0.1, -0.05) is 60.1 Å². The molecular weight excluding hydrogens is 508 g/mol. The Morgan fingerprint density at radius 3 is 2.38 bits per heavy atom. The summed E-state index contributed by atoms with van der Waals surface area (Å²) in [6.45, 7) is 1.25. The van der Waals surface area contributed by atoms with E-state index in [1.807, 2.05) is 42.5 Å². The molecule has 0 bridgehead atoms. The SMILES string of the molecule is O=C(O)c1cc(C(=O)N2CCC(Cc3ccccc3)CC2)ccc1NC(=O)c1sc2ccccc2c1Cl. The second-order valence-corrected chi connectivity index (χ2v) is 10.6. The molecule has 37 heavy (non-hydrogen) atoms. The van der Waals surface area contributed by atoms with Crippen molar-refractivity contribution in [2.75, 3.05) is 18.4 Å². The zero-order chi connectivity index (χ0) is 25.9. The number of carboxylic acids is 1. The van der Waals surface area contributed by atoms with Gasteiger partial charge in [0.2, 0.25) is 0 Å². The number of hydrogen-bond acceptors (Lipinski definition) is 4. The van der Waals surface area contributed by atoms with Crippen LogP contribution in [0.3, 0.4) is 0 Å². The number of hydrogen-bond donors (Lipinski definition) is 2. The summed E-state index contributed by atoms with van der Waals surface area (Å²) in [4.78, 5) is 40.2. The molecule has 1 aliphatic heterocycles. The van der Waals surface area contributed by atoms with E-state index in [4.69, 9.17) is 11.6 Å². The average Bonchev–Trinajstić information content (AvgIpc) is 3.26. The Bertz CT molecular complexity index is 1480. The van der Waals surface area contributed by atoms with Gasteiger partial charge in [-0.2, -0.15) is 0 Å². The van der Waals surface area contributed by atoms with E-state index in [1.54, 1.807) is 11.0 Å². The fraction of sp³-hybridized carbons (Fsp3) is 0.207. The molecule has 2 amide bonds. The van der Waals surface area contributed by atoms with Gasteiger partial charge >= 0.3 is 5.97 Å². The lowest BCUT2D eigenvalue weighted by molar-refractivity contribution is 0.0690. The number of carboxylic acid groups (broad SMARTS) is 1. The molecular formula is C29H25ClN2O4S. The van der Waals surface area contributed by atoms with Crippen molar-refractivity contribution >= 4 is 56.5 Å². The Labute approximate surface area is 223 Å². The van der Waals surface area contributed by atoms with Crippen LogP contribution in [-0.2, 0) is 6.42 Å². The number of halogens is 1. The summed E-state index contributed by atoms with van der Waals surface area (Å²) in [6, 6.07) is 22.1. The first-order chi connectivity index (χ1) is 17.9. The van der Waals surface area contributed by atoms with Crippen LogP contribution in [0.15, 0.2) is 72.8 Å². The maximum atomic E-state index is 13.2. The van der Waals surface area contributed by atoms with Crippen LogP contribution in [0.1, 0.15) is 48.8 Å². The van der Waals surface area contributed by atoms with Gasteiger partial charge < -0.3 is 15.3 Å². The summed E-state index contributed by atoms with van der Waals surface area (Å²) in [6.07, 6.45) is 2.79. The quantitative estimate of drug-likeness (QED) is 0.293. The Kier molecular flexibility index (Phi) is 7.26. The van der Waals surface area contributed by atoms with E-state index >= 15 is 0 Å². The van der Waals surface area contributed by atoms with Crippen LogP contribution in [0.2, 0.25) is 5.02 Å². The number of nitrogens with one attached hydrogen (secondary N) is 1. The highest BCUT2D eigenvalue weighted by molar-refractivity contribution is 7.21. The highest BCUT2D eigenvalue weighted by atomic mass is 35.5. The topological polar surface area (TPSA) is 86.7 Å². The predicted molar refractivity (Wildman–Crippen MR) is 147 cm³/mol. The Morgan fingerprint density at radius 1 is 0.973 bits per heavy atom. The molecule has 8 heteroatoms. The summed E-state index contributed by atoms with van der Waals surface area (Å²) in [5.74, 6) is -1.41. The number of carbonyl (C=O) groups excluding carboxylic acids is 2. The fourth-order valence-corrected chi connectivity index (χ4v) is 6.18. The Balaban J connectivity index is 1.28. The number of aromatic carboxylic acids is 1. The maximum Gasteiger partial charge on any atom is 0.337 e. The standard InChI is InChI=1S/C29H25ClN2O4S/c30-25-21-8-4-5-9-24(21)37-26(25)27(33)31-23-11-10-20(17-22(23)29(35)36)28(34)32-14-12-19(13-15-32)16-18-6-2-1-3-7-18/h1-11,17,19H,12-16H2,(H,31,33)(H,35,36). The lowest BCUT2D eigenvalue weighted by atomic mass is 9.90. The highest BCUT2D eigenvalue weighted by Gasteiger charge is 2.26. The number of nitrogens with zero attached hydrogens (tertiary/aromatic N) is 1. The molecule has 0 radical (unpaired) electrons. The Hall–Kier alpha value is -3.68. The van der Waals surface area contributed by atoms with Crippen LogP contribution >= 0.6 is 22.9 Å². The van der Waals surface area contributed by atoms with Gasteiger partial charge in [-0.05, 0) is 55.0 Å². The second-order valence-electron chi connectivity index (χ2n) is 9.19. The molecule has 4 aromatic rings. The van der Waals surface area contributed by atoms with Crippen LogP contribution in [0.5, 0.6) is 0 Å². The summed E-state index contributed by atoms with van der Waals surface area (Å²) in [7, 11) is 0. The van der Waals surface area contributed by atoms with Crippen molar-refractivity contribution in [2.24, 2.45) is 5.92 Å². The summed E-state index contributed by atoms with van der Waals surface area (Å²) < 4.78 is 0.865. The summed E-state index contributed by atoms with van der Waals surface area (Å²) >= 11 is 7.65. The third-order valence-corrected chi connectivity index (χ3v) is 8.43. The van der Waals surface area contributed by atoms with Crippen molar-refractivity contribution in [3.8, 4) is 0 Å². The number of rotatable bonds is 6. The molecule has 1 aromatic heterocycles. The molecule has 0 atom stereocenters. The van der Waals surface area contributed by atoms with Crippen LogP contribution in [0.4, 0.5) is 5.69 Å². The van der Waals surface area contributed by atoms with E-state index in [1.165, 1.54) is 29.0 Å². The van der Waals surface area contributed by atoms with Crippen molar-refractivity contribution in [1.29, 1.82) is 0 Å². The van der Waals surface area contributed by atoms with Crippen LogP contribution in [-0.4, -0.2) is 40.9 Å². The first-order valence-electron chi connectivity index (χ1n) is 12.1. The van der Waals surface area contributed by atoms with Gasteiger partial charge in [-0.3, -0.25) is 9.59 Å². The van der Waals surface area contributed by atoms with E-state index in [0.717, 1.165) is 29.3 Å². The van der Waals surface area contributed by atoms with Crippen molar-refractivity contribution in [1.82, 2.24) is 4.90 Å². The first kappa shape index (κ1) is 25.0. The highest BCUT2D eigenvalue weighted by Crippen LogP contribution is 2.36. The van der Waals surface area contributed by atoms with Crippen LogP contribution in [0.25, 0.3) is 10.1 Å². The number of thiophene rings is 1. The van der Waals surface area contributed by atoms with Gasteiger partial charge in [0.25, 0.3) is 11.8 Å². The summed E-state index contributed by atoms with van der Waals surface area (Å²) in [5, 5.41) is 13.6. The minimum absolute atomic E-state index is 0.115. The number of piperidine rings is 1. The van der Waals surface area contributed by atoms with Crippen molar-refractivity contribution in [2.45, 2.75) is 19.3 Å². The molecule has 6 nitrogen and oxygen atoms in total. The number of amides is 2. The molecule has 1 saturated heterocycles. The van der Waals surface area contributed by atoms with Crippen molar-refractivity contribution < 1.29 is 19.5 Å². The second kappa shape index (κ2) is 10.7. The van der Waals surface area contributed by atoms with E-state index in [9.17, 15) is 19.5 Å². The molecule has 3 aromatic carbocycles. The monoisotopic (exact) mass is 532 g/mol. The minimum Gasteiger partial charge on any atom is -0.478 e.